The molecule has 0 bridgehead atoms. The summed E-state index contributed by atoms with van der Waals surface area (Å²) in [4.78, 5) is 12.5. The molecule has 1 amide bonds. The first-order chi connectivity index (χ1) is 12.3. The highest BCUT2D eigenvalue weighted by Gasteiger charge is 2.19. The molecule has 0 aliphatic carbocycles. The average molecular weight is 413 g/mol. The van der Waals surface area contributed by atoms with Crippen LogP contribution in [0.2, 0.25) is 0 Å². The van der Waals surface area contributed by atoms with E-state index in [-0.39, 0.29) is 23.2 Å². The first-order valence-electron chi connectivity index (χ1n) is 8.23. The Morgan fingerprint density at radius 3 is 2.33 bits per heavy atom. The van der Waals surface area contributed by atoms with Gasteiger partial charge in [-0.1, -0.05) is 24.3 Å². The van der Waals surface area contributed by atoms with Crippen molar-refractivity contribution in [3.63, 3.8) is 0 Å². The van der Waals surface area contributed by atoms with Gasteiger partial charge in [0.2, 0.25) is 5.91 Å². The van der Waals surface area contributed by atoms with Gasteiger partial charge in [-0.2, -0.15) is 0 Å². The topological polar surface area (TPSA) is 84.5 Å². The molecular formula is C19H25ClN2O4S. The second-order valence-electron chi connectivity index (χ2n) is 5.97. The SMILES string of the molecule is CNCCC(=O)NC(c1ccc(OC)cc1)c1cccc(S(C)(=O)=O)c1.Cl. The number of sulfone groups is 1. The molecule has 0 saturated heterocycles. The van der Waals surface area contributed by atoms with Crippen molar-refractivity contribution in [2.24, 2.45) is 0 Å². The van der Waals surface area contributed by atoms with E-state index >= 15 is 0 Å². The average Bonchev–Trinajstić information content (AvgIpc) is 2.64. The smallest absolute Gasteiger partial charge is 0.222 e. The van der Waals surface area contributed by atoms with E-state index in [1.165, 1.54) is 6.26 Å². The van der Waals surface area contributed by atoms with E-state index in [0.29, 0.717) is 24.3 Å². The van der Waals surface area contributed by atoms with Gasteiger partial charge in [0, 0.05) is 19.2 Å². The first-order valence-corrected chi connectivity index (χ1v) is 10.1. The summed E-state index contributed by atoms with van der Waals surface area (Å²) in [5.41, 5.74) is 1.55. The third-order valence-electron chi connectivity index (χ3n) is 3.98. The quantitative estimate of drug-likeness (QED) is 0.695. The van der Waals surface area contributed by atoms with Crippen LogP contribution in [-0.4, -0.2) is 41.3 Å². The molecule has 2 rings (SSSR count). The van der Waals surface area contributed by atoms with Crippen LogP contribution in [-0.2, 0) is 14.6 Å². The Hall–Kier alpha value is -2.09. The highest BCUT2D eigenvalue weighted by Crippen LogP contribution is 2.26. The van der Waals surface area contributed by atoms with E-state index < -0.39 is 15.9 Å². The van der Waals surface area contributed by atoms with Gasteiger partial charge in [-0.3, -0.25) is 4.79 Å². The molecule has 0 heterocycles. The summed E-state index contributed by atoms with van der Waals surface area (Å²) in [5.74, 6) is 0.587. The third kappa shape index (κ3) is 6.53. The van der Waals surface area contributed by atoms with E-state index in [1.807, 2.05) is 30.3 Å². The summed E-state index contributed by atoms with van der Waals surface area (Å²) in [6.07, 6.45) is 1.49. The van der Waals surface area contributed by atoms with Crippen LogP contribution < -0.4 is 15.4 Å². The van der Waals surface area contributed by atoms with Crippen LogP contribution in [0, 0.1) is 0 Å². The Balaban J connectivity index is 0.00000364. The molecule has 0 aliphatic heterocycles. The number of carbonyl (C=O) groups excluding carboxylic acids is 1. The van der Waals surface area contributed by atoms with Gasteiger partial charge < -0.3 is 15.4 Å². The van der Waals surface area contributed by atoms with Gasteiger partial charge in [0.25, 0.3) is 0 Å². The van der Waals surface area contributed by atoms with Crippen LogP contribution in [0.25, 0.3) is 0 Å². The Morgan fingerprint density at radius 1 is 1.11 bits per heavy atom. The molecule has 2 N–H and O–H groups in total. The van der Waals surface area contributed by atoms with Crippen molar-refractivity contribution in [3.05, 3.63) is 59.7 Å². The van der Waals surface area contributed by atoms with Gasteiger partial charge in [0.1, 0.15) is 5.75 Å². The summed E-state index contributed by atoms with van der Waals surface area (Å²) in [6, 6.07) is 13.5. The van der Waals surface area contributed by atoms with Crippen molar-refractivity contribution in [3.8, 4) is 5.75 Å². The number of benzene rings is 2. The number of ether oxygens (including phenoxy) is 1. The van der Waals surface area contributed by atoms with Gasteiger partial charge in [0.15, 0.2) is 9.84 Å². The Bertz CT molecular complexity index is 854. The zero-order valence-electron chi connectivity index (χ0n) is 15.6. The fraction of sp³-hybridized carbons (Fsp3) is 0.316. The lowest BCUT2D eigenvalue weighted by Gasteiger charge is -2.21. The van der Waals surface area contributed by atoms with Crippen molar-refractivity contribution in [2.45, 2.75) is 17.4 Å². The molecule has 6 nitrogen and oxygen atoms in total. The van der Waals surface area contributed by atoms with Crippen molar-refractivity contribution < 1.29 is 17.9 Å². The van der Waals surface area contributed by atoms with Gasteiger partial charge >= 0.3 is 0 Å². The molecule has 2 aromatic rings. The first kappa shape index (κ1) is 23.0. The summed E-state index contributed by atoms with van der Waals surface area (Å²) < 4.78 is 28.9. The second-order valence-corrected chi connectivity index (χ2v) is 7.99. The van der Waals surface area contributed by atoms with E-state index in [9.17, 15) is 13.2 Å². The van der Waals surface area contributed by atoms with E-state index in [1.54, 1.807) is 32.4 Å². The number of nitrogens with one attached hydrogen (secondary N) is 2. The number of carbonyl (C=O) groups is 1. The predicted molar refractivity (Wildman–Crippen MR) is 108 cm³/mol. The summed E-state index contributed by atoms with van der Waals surface area (Å²) in [5, 5.41) is 5.92. The van der Waals surface area contributed by atoms with Crippen molar-refractivity contribution >= 4 is 28.2 Å². The van der Waals surface area contributed by atoms with Crippen LogP contribution in [0.4, 0.5) is 0 Å². The molecule has 0 radical (unpaired) electrons. The molecule has 0 aromatic heterocycles. The lowest BCUT2D eigenvalue weighted by Crippen LogP contribution is -2.31. The fourth-order valence-electron chi connectivity index (χ4n) is 2.55. The summed E-state index contributed by atoms with van der Waals surface area (Å²) in [7, 11) is 0.0294. The Labute approximate surface area is 166 Å². The molecule has 0 aliphatic rings. The zero-order valence-corrected chi connectivity index (χ0v) is 17.2. The predicted octanol–water partition coefficient (Wildman–Crippen LogP) is 2.34. The molecular weight excluding hydrogens is 388 g/mol. The number of amides is 1. The third-order valence-corrected chi connectivity index (χ3v) is 5.09. The minimum atomic E-state index is -3.34. The van der Waals surface area contributed by atoms with Crippen molar-refractivity contribution in [2.75, 3.05) is 27.0 Å². The van der Waals surface area contributed by atoms with Crippen LogP contribution >= 0.6 is 12.4 Å². The van der Waals surface area contributed by atoms with Gasteiger partial charge in [-0.15, -0.1) is 12.4 Å². The lowest BCUT2D eigenvalue weighted by atomic mass is 9.98. The lowest BCUT2D eigenvalue weighted by molar-refractivity contribution is -0.121. The standard InChI is InChI=1S/C19H24N2O4S.ClH/c1-20-12-11-18(22)21-19(14-7-9-16(25-2)10-8-14)15-5-4-6-17(13-15)26(3,23)24;/h4-10,13,19-20H,11-12H2,1-3H3,(H,21,22);1H. The van der Waals surface area contributed by atoms with E-state index in [0.717, 1.165) is 5.56 Å². The highest BCUT2D eigenvalue weighted by atomic mass is 35.5. The molecule has 0 spiro atoms. The maximum absolute atomic E-state index is 12.3. The normalized spacial score (nSPS) is 12.0. The number of rotatable bonds is 8. The van der Waals surface area contributed by atoms with Crippen LogP contribution in [0.1, 0.15) is 23.6 Å². The zero-order chi connectivity index (χ0) is 19.2. The molecule has 8 heteroatoms. The molecule has 2 aromatic carbocycles. The molecule has 27 heavy (non-hydrogen) atoms. The largest absolute Gasteiger partial charge is 0.497 e. The van der Waals surface area contributed by atoms with Crippen molar-refractivity contribution in [1.29, 1.82) is 0 Å². The molecule has 0 fully saturated rings. The Morgan fingerprint density at radius 2 is 1.78 bits per heavy atom. The van der Waals surface area contributed by atoms with Crippen LogP contribution in [0.3, 0.4) is 0 Å². The number of halogens is 1. The molecule has 148 valence electrons. The van der Waals surface area contributed by atoms with Gasteiger partial charge in [-0.05, 0) is 42.4 Å². The monoisotopic (exact) mass is 412 g/mol. The minimum absolute atomic E-state index is 0. The number of hydrogen-bond donors (Lipinski definition) is 2. The summed E-state index contributed by atoms with van der Waals surface area (Å²) >= 11 is 0. The molecule has 1 atom stereocenters. The van der Waals surface area contributed by atoms with Crippen LogP contribution in [0.5, 0.6) is 5.75 Å². The second kappa shape index (κ2) is 10.3. The molecule has 1 unspecified atom stereocenters. The Kier molecular flexibility index (Phi) is 8.75. The molecule has 0 saturated carbocycles. The van der Waals surface area contributed by atoms with E-state index in [2.05, 4.69) is 10.6 Å². The van der Waals surface area contributed by atoms with Crippen LogP contribution in [0.15, 0.2) is 53.4 Å². The maximum Gasteiger partial charge on any atom is 0.222 e. The minimum Gasteiger partial charge on any atom is -0.497 e. The summed E-state index contributed by atoms with van der Waals surface area (Å²) in [6.45, 7) is 0.560. The maximum atomic E-state index is 12.3. The highest BCUT2D eigenvalue weighted by molar-refractivity contribution is 7.90. The van der Waals surface area contributed by atoms with Crippen molar-refractivity contribution in [1.82, 2.24) is 10.6 Å². The number of methoxy groups -OCH3 is 1. The number of hydrogen-bond acceptors (Lipinski definition) is 5. The van der Waals surface area contributed by atoms with E-state index in [4.69, 9.17) is 4.74 Å². The van der Waals surface area contributed by atoms with Gasteiger partial charge in [-0.25, -0.2) is 8.42 Å². The fourth-order valence-corrected chi connectivity index (χ4v) is 3.23. The van der Waals surface area contributed by atoms with Gasteiger partial charge in [0.05, 0.1) is 18.0 Å².